The van der Waals surface area contributed by atoms with Gasteiger partial charge in [-0.1, -0.05) is 12.8 Å². The van der Waals surface area contributed by atoms with Crippen molar-refractivity contribution >= 4 is 35.8 Å². The van der Waals surface area contributed by atoms with Crippen molar-refractivity contribution in [1.29, 1.82) is 0 Å². The van der Waals surface area contributed by atoms with Gasteiger partial charge in [-0.25, -0.2) is 4.99 Å². The fourth-order valence-corrected chi connectivity index (χ4v) is 4.54. The Morgan fingerprint density at radius 3 is 2.45 bits per heavy atom. The molecule has 0 radical (unpaired) electrons. The van der Waals surface area contributed by atoms with Crippen molar-refractivity contribution in [2.45, 2.75) is 84.5 Å². The highest BCUT2D eigenvalue weighted by Crippen LogP contribution is 2.25. The molecule has 2 fully saturated rings. The topological polar surface area (TPSA) is 78.7 Å². The quantitative estimate of drug-likeness (QED) is 0.377. The summed E-state index contributed by atoms with van der Waals surface area (Å²) in [5, 5.41) is 12.0. The molecule has 0 aromatic carbocycles. The van der Waals surface area contributed by atoms with Crippen LogP contribution in [0.2, 0.25) is 0 Å². The first-order valence-corrected chi connectivity index (χ1v) is 10.4. The highest BCUT2D eigenvalue weighted by Gasteiger charge is 2.41. The van der Waals surface area contributed by atoms with Gasteiger partial charge in [0.15, 0.2) is 11.8 Å². The molecule has 1 saturated heterocycles. The van der Waals surface area contributed by atoms with Crippen molar-refractivity contribution in [3.63, 3.8) is 0 Å². The lowest BCUT2D eigenvalue weighted by atomic mass is 9.96. The summed E-state index contributed by atoms with van der Waals surface area (Å²) in [5.41, 5.74) is -0.247. The molecule has 29 heavy (non-hydrogen) atoms. The van der Waals surface area contributed by atoms with Crippen LogP contribution >= 0.6 is 24.0 Å². The number of hydrogen-bond donors (Lipinski definition) is 1. The number of guanidine groups is 1. The summed E-state index contributed by atoms with van der Waals surface area (Å²) in [5.74, 6) is 2.67. The first kappa shape index (κ1) is 23.9. The predicted octanol–water partition coefficient (Wildman–Crippen LogP) is 2.46. The molecule has 0 atom stereocenters. The van der Waals surface area contributed by atoms with E-state index in [0.29, 0.717) is 19.1 Å². The smallest absolute Gasteiger partial charge is 0.242 e. The van der Waals surface area contributed by atoms with E-state index in [-0.39, 0.29) is 41.5 Å². The van der Waals surface area contributed by atoms with Crippen LogP contribution in [0.15, 0.2) is 4.99 Å². The second-order valence-electron chi connectivity index (χ2n) is 9.01. The highest BCUT2D eigenvalue weighted by molar-refractivity contribution is 14.0. The van der Waals surface area contributed by atoms with E-state index < -0.39 is 0 Å². The van der Waals surface area contributed by atoms with Gasteiger partial charge in [0.25, 0.3) is 0 Å². The Kier molecular flexibility index (Phi) is 7.92. The van der Waals surface area contributed by atoms with Crippen LogP contribution in [0.25, 0.3) is 0 Å². The van der Waals surface area contributed by atoms with Crippen LogP contribution in [-0.4, -0.2) is 67.1 Å². The SMILES string of the molecule is Cc1nnc(CN=C(NC2CCCC2)N2CC(=O)N(C(C)C)C(C)(C)C2)n1C.I. The normalized spacial score (nSPS) is 20.4. The van der Waals surface area contributed by atoms with Crippen molar-refractivity contribution in [3.05, 3.63) is 11.6 Å². The Balaban J connectivity index is 0.00000300. The van der Waals surface area contributed by atoms with Gasteiger partial charge in [-0.2, -0.15) is 0 Å². The van der Waals surface area contributed by atoms with E-state index in [1.807, 2.05) is 23.4 Å². The van der Waals surface area contributed by atoms with Crippen molar-refractivity contribution in [2.24, 2.45) is 12.0 Å². The predicted molar refractivity (Wildman–Crippen MR) is 125 cm³/mol. The molecule has 1 N–H and O–H groups in total. The molecule has 1 aromatic heterocycles. The van der Waals surface area contributed by atoms with Crippen LogP contribution in [0.1, 0.15) is 65.0 Å². The molecule has 0 unspecified atom stereocenters. The number of nitrogens with zero attached hydrogens (tertiary/aromatic N) is 6. The summed E-state index contributed by atoms with van der Waals surface area (Å²) in [4.78, 5) is 21.9. The van der Waals surface area contributed by atoms with Crippen molar-refractivity contribution in [1.82, 2.24) is 29.9 Å². The Morgan fingerprint density at radius 2 is 1.93 bits per heavy atom. The minimum absolute atomic E-state index is 0. The van der Waals surface area contributed by atoms with E-state index in [1.54, 1.807) is 0 Å². The second-order valence-corrected chi connectivity index (χ2v) is 9.01. The molecule has 1 aromatic rings. The Bertz CT molecular complexity index is 737. The number of amides is 1. The van der Waals surface area contributed by atoms with Crippen LogP contribution in [0.5, 0.6) is 0 Å². The third-order valence-electron chi connectivity index (χ3n) is 5.88. The van der Waals surface area contributed by atoms with E-state index in [2.05, 4.69) is 48.1 Å². The highest BCUT2D eigenvalue weighted by atomic mass is 127. The van der Waals surface area contributed by atoms with Gasteiger partial charge in [-0.3, -0.25) is 4.79 Å². The fourth-order valence-electron chi connectivity index (χ4n) is 4.54. The van der Waals surface area contributed by atoms with Crippen LogP contribution in [0, 0.1) is 6.92 Å². The third-order valence-corrected chi connectivity index (χ3v) is 5.88. The molecular weight excluding hydrogens is 481 g/mol. The standard InChI is InChI=1S/C20H35N7O.HI/c1-14(2)27-18(28)12-26(13-20(27,4)5)19(22-16-9-7-8-10-16)21-11-17-24-23-15(3)25(17)6;/h14,16H,7-13H2,1-6H3,(H,21,22);1H. The van der Waals surface area contributed by atoms with E-state index in [1.165, 1.54) is 12.8 Å². The number of aromatic nitrogens is 3. The second kappa shape index (κ2) is 9.61. The third kappa shape index (κ3) is 5.40. The average Bonchev–Trinajstić information content (AvgIpc) is 3.21. The number of nitrogens with one attached hydrogen (secondary N) is 1. The number of carbonyl (C=O) groups excluding carboxylic acids is 1. The average molecular weight is 517 g/mol. The lowest BCUT2D eigenvalue weighted by molar-refractivity contribution is -0.145. The zero-order valence-electron chi connectivity index (χ0n) is 18.6. The Hall–Kier alpha value is -1.39. The maximum absolute atomic E-state index is 12.9. The molecule has 164 valence electrons. The number of carbonyl (C=O) groups is 1. The molecule has 1 saturated carbocycles. The van der Waals surface area contributed by atoms with Gasteiger partial charge in [-0.15, -0.1) is 34.2 Å². The lowest BCUT2D eigenvalue weighted by Crippen LogP contribution is -2.66. The first-order chi connectivity index (χ1) is 13.2. The molecule has 1 aliphatic heterocycles. The lowest BCUT2D eigenvalue weighted by Gasteiger charge is -2.49. The summed E-state index contributed by atoms with van der Waals surface area (Å²) in [6, 6.07) is 0.621. The van der Waals surface area contributed by atoms with E-state index in [0.717, 1.165) is 37.0 Å². The van der Waals surface area contributed by atoms with Crippen LogP contribution < -0.4 is 5.32 Å². The fraction of sp³-hybridized carbons (Fsp3) is 0.800. The summed E-state index contributed by atoms with van der Waals surface area (Å²) >= 11 is 0. The van der Waals surface area contributed by atoms with Gasteiger partial charge in [0.2, 0.25) is 5.91 Å². The number of halogens is 1. The van der Waals surface area contributed by atoms with Gasteiger partial charge < -0.3 is 19.7 Å². The number of aliphatic imine (C=N–C) groups is 1. The minimum Gasteiger partial charge on any atom is -0.353 e. The van der Waals surface area contributed by atoms with Gasteiger partial charge in [-0.05, 0) is 47.5 Å². The molecule has 9 heteroatoms. The Morgan fingerprint density at radius 1 is 1.28 bits per heavy atom. The monoisotopic (exact) mass is 517 g/mol. The molecule has 2 heterocycles. The van der Waals surface area contributed by atoms with Crippen molar-refractivity contribution in [2.75, 3.05) is 13.1 Å². The molecule has 1 aliphatic carbocycles. The molecule has 0 bridgehead atoms. The molecular formula is C20H36IN7O. The minimum atomic E-state index is -0.247. The molecule has 1 amide bonds. The Labute approximate surface area is 191 Å². The molecule has 2 aliphatic rings. The van der Waals surface area contributed by atoms with Crippen molar-refractivity contribution < 1.29 is 4.79 Å². The number of rotatable bonds is 4. The van der Waals surface area contributed by atoms with E-state index in [4.69, 9.17) is 4.99 Å². The van der Waals surface area contributed by atoms with E-state index >= 15 is 0 Å². The van der Waals surface area contributed by atoms with Gasteiger partial charge in [0, 0.05) is 25.7 Å². The summed E-state index contributed by atoms with van der Waals surface area (Å²) in [6.07, 6.45) is 4.81. The van der Waals surface area contributed by atoms with Gasteiger partial charge in [0.05, 0.1) is 12.1 Å². The largest absolute Gasteiger partial charge is 0.353 e. The molecule has 3 rings (SSSR count). The zero-order valence-corrected chi connectivity index (χ0v) is 20.9. The summed E-state index contributed by atoms with van der Waals surface area (Å²) in [7, 11) is 1.96. The summed E-state index contributed by atoms with van der Waals surface area (Å²) in [6.45, 7) is 11.9. The van der Waals surface area contributed by atoms with Crippen LogP contribution in [-0.2, 0) is 18.4 Å². The first-order valence-electron chi connectivity index (χ1n) is 10.4. The number of piperazine rings is 1. The molecule has 0 spiro atoms. The zero-order chi connectivity index (χ0) is 20.5. The van der Waals surface area contributed by atoms with Gasteiger partial charge in [0.1, 0.15) is 12.4 Å². The summed E-state index contributed by atoms with van der Waals surface area (Å²) < 4.78 is 1.96. The maximum atomic E-state index is 12.9. The van der Waals surface area contributed by atoms with Crippen molar-refractivity contribution in [3.8, 4) is 0 Å². The number of hydrogen-bond acceptors (Lipinski definition) is 4. The van der Waals surface area contributed by atoms with Crippen LogP contribution in [0.4, 0.5) is 0 Å². The maximum Gasteiger partial charge on any atom is 0.242 e. The van der Waals surface area contributed by atoms with Crippen LogP contribution in [0.3, 0.4) is 0 Å². The number of aryl methyl sites for hydroxylation is 1. The van der Waals surface area contributed by atoms with E-state index in [9.17, 15) is 4.79 Å². The van der Waals surface area contributed by atoms with Gasteiger partial charge >= 0.3 is 0 Å². The molecule has 8 nitrogen and oxygen atoms in total.